The average molecular weight is 471 g/mol. The molecule has 0 N–H and O–H groups in total. The molecule has 0 unspecified atom stereocenters. The summed E-state index contributed by atoms with van der Waals surface area (Å²) >= 11 is 3.39. The van der Waals surface area contributed by atoms with Gasteiger partial charge < -0.3 is 4.52 Å². The Morgan fingerprint density at radius 1 is 1.10 bits per heavy atom. The molecule has 9 nitrogen and oxygen atoms in total. The maximum atomic E-state index is 13.6. The van der Waals surface area contributed by atoms with Crippen LogP contribution in [0.25, 0.3) is 11.4 Å². The summed E-state index contributed by atoms with van der Waals surface area (Å²) in [5, 5.41) is 13.2. The van der Waals surface area contributed by atoms with E-state index in [-0.39, 0.29) is 18.1 Å². The van der Waals surface area contributed by atoms with E-state index in [9.17, 15) is 14.0 Å². The van der Waals surface area contributed by atoms with Crippen LogP contribution in [0.3, 0.4) is 0 Å². The van der Waals surface area contributed by atoms with Crippen molar-refractivity contribution in [3.63, 3.8) is 0 Å². The van der Waals surface area contributed by atoms with Crippen molar-refractivity contribution < 1.29 is 18.5 Å². The lowest BCUT2D eigenvalue weighted by Crippen LogP contribution is -2.39. The van der Waals surface area contributed by atoms with Crippen molar-refractivity contribution >= 4 is 33.4 Å². The van der Waals surface area contributed by atoms with Crippen LogP contribution in [-0.2, 0) is 16.1 Å². The quantitative estimate of drug-likeness (QED) is 0.542. The molecule has 0 bridgehead atoms. The number of amides is 2. The van der Waals surface area contributed by atoms with Gasteiger partial charge in [0.15, 0.2) is 12.1 Å². The number of carbonyl (C=O) groups excluding carboxylic acids is 2. The van der Waals surface area contributed by atoms with Crippen LogP contribution in [0.4, 0.5) is 10.1 Å². The normalized spacial score (nSPS) is 20.3. The molecule has 1 aromatic heterocycles. The number of aromatic nitrogens is 2. The van der Waals surface area contributed by atoms with Gasteiger partial charge in [0.2, 0.25) is 11.7 Å². The van der Waals surface area contributed by atoms with Gasteiger partial charge >= 0.3 is 0 Å². The van der Waals surface area contributed by atoms with E-state index in [4.69, 9.17) is 4.52 Å². The van der Waals surface area contributed by atoms with E-state index < -0.39 is 29.7 Å². The molecular weight excluding hydrogens is 459 g/mol. The van der Waals surface area contributed by atoms with Crippen LogP contribution in [0.2, 0.25) is 0 Å². The predicted octanol–water partition coefficient (Wildman–Crippen LogP) is 3.13. The van der Waals surface area contributed by atoms with Gasteiger partial charge in [-0.1, -0.05) is 44.5 Å². The number of rotatable bonds is 4. The van der Waals surface area contributed by atoms with E-state index >= 15 is 0 Å². The van der Waals surface area contributed by atoms with Crippen molar-refractivity contribution in [3.05, 3.63) is 64.7 Å². The second kappa shape index (κ2) is 7.10. The first-order valence-electron chi connectivity index (χ1n) is 8.90. The summed E-state index contributed by atoms with van der Waals surface area (Å²) in [4.78, 5) is 30.9. The first kappa shape index (κ1) is 18.6. The lowest BCUT2D eigenvalue weighted by molar-refractivity contribution is -0.123. The highest BCUT2D eigenvalue weighted by atomic mass is 79.9. The van der Waals surface area contributed by atoms with E-state index in [0.29, 0.717) is 5.82 Å². The first-order chi connectivity index (χ1) is 14.5. The average Bonchev–Trinajstić information content (AvgIpc) is 3.41. The van der Waals surface area contributed by atoms with Crippen LogP contribution in [0.5, 0.6) is 0 Å². The molecule has 5 rings (SSSR count). The highest BCUT2D eigenvalue weighted by molar-refractivity contribution is 9.10. The summed E-state index contributed by atoms with van der Waals surface area (Å²) < 4.78 is 19.7. The lowest BCUT2D eigenvalue weighted by atomic mass is 10.1. The highest BCUT2D eigenvalue weighted by Crippen LogP contribution is 2.33. The number of nitrogens with zero attached hydrogens (tertiary/aromatic N) is 6. The summed E-state index contributed by atoms with van der Waals surface area (Å²) in [5.41, 5.74) is 0.911. The molecule has 1 saturated heterocycles. The van der Waals surface area contributed by atoms with Crippen molar-refractivity contribution in [2.45, 2.75) is 18.6 Å². The summed E-state index contributed by atoms with van der Waals surface area (Å²) in [6.45, 7) is 0.00167. The maximum absolute atomic E-state index is 13.6. The molecule has 1 fully saturated rings. The molecular formula is C19H12BrFN6O3. The van der Waals surface area contributed by atoms with Crippen LogP contribution in [0.15, 0.2) is 67.9 Å². The van der Waals surface area contributed by atoms with E-state index in [1.807, 2.05) is 24.3 Å². The van der Waals surface area contributed by atoms with Crippen LogP contribution in [0, 0.1) is 5.82 Å². The van der Waals surface area contributed by atoms with Crippen molar-refractivity contribution in [2.75, 3.05) is 4.90 Å². The van der Waals surface area contributed by atoms with Gasteiger partial charge in [0.1, 0.15) is 12.4 Å². The van der Waals surface area contributed by atoms with Gasteiger partial charge in [-0.05, 0) is 30.3 Å². The minimum atomic E-state index is -0.992. The largest absolute Gasteiger partial charge is 0.337 e. The molecule has 150 valence electrons. The number of fused-ring (bicyclic) bond motifs is 1. The van der Waals surface area contributed by atoms with Gasteiger partial charge in [-0.2, -0.15) is 10.1 Å². The molecule has 2 aromatic carbocycles. The van der Waals surface area contributed by atoms with Crippen LogP contribution >= 0.6 is 15.9 Å². The number of carbonyl (C=O) groups is 2. The van der Waals surface area contributed by atoms with Gasteiger partial charge in [0, 0.05) is 10.0 Å². The van der Waals surface area contributed by atoms with Gasteiger partial charge in [0.25, 0.3) is 11.8 Å². The van der Waals surface area contributed by atoms with Crippen molar-refractivity contribution in [1.82, 2.24) is 15.1 Å². The smallest absolute Gasteiger partial charge is 0.263 e. The molecule has 0 saturated carbocycles. The third-order valence-corrected chi connectivity index (χ3v) is 5.27. The zero-order chi connectivity index (χ0) is 20.8. The molecule has 0 radical (unpaired) electrons. The monoisotopic (exact) mass is 470 g/mol. The summed E-state index contributed by atoms with van der Waals surface area (Å²) in [5.74, 6) is -1.03. The zero-order valence-electron chi connectivity index (χ0n) is 15.1. The molecule has 2 atom stereocenters. The molecule has 2 amide bonds. The maximum Gasteiger partial charge on any atom is 0.263 e. The highest BCUT2D eigenvalue weighted by Gasteiger charge is 2.55. The Balaban J connectivity index is 1.37. The van der Waals surface area contributed by atoms with Gasteiger partial charge in [0.05, 0.1) is 5.69 Å². The van der Waals surface area contributed by atoms with Crippen LogP contribution in [-0.4, -0.2) is 39.0 Å². The van der Waals surface area contributed by atoms with Gasteiger partial charge in [-0.3, -0.25) is 14.6 Å². The molecule has 3 aromatic rings. The molecule has 2 aliphatic rings. The summed E-state index contributed by atoms with van der Waals surface area (Å²) in [6, 6.07) is 10.7. The minimum Gasteiger partial charge on any atom is -0.337 e. The number of anilines is 1. The zero-order valence-corrected chi connectivity index (χ0v) is 16.7. The minimum absolute atomic E-state index is 0.00167. The van der Waals surface area contributed by atoms with E-state index in [1.54, 1.807) is 0 Å². The predicted molar refractivity (Wildman–Crippen MR) is 104 cm³/mol. The third kappa shape index (κ3) is 3.07. The number of benzene rings is 2. The van der Waals surface area contributed by atoms with Crippen molar-refractivity contribution in [3.8, 4) is 11.4 Å². The Morgan fingerprint density at radius 3 is 2.73 bits per heavy atom. The second-order valence-electron chi connectivity index (χ2n) is 6.71. The van der Waals surface area contributed by atoms with Crippen molar-refractivity contribution in [2.24, 2.45) is 10.3 Å². The summed E-state index contributed by atoms with van der Waals surface area (Å²) in [7, 11) is 0. The van der Waals surface area contributed by atoms with Crippen LogP contribution < -0.4 is 4.90 Å². The van der Waals surface area contributed by atoms with E-state index in [2.05, 4.69) is 36.4 Å². The topological polar surface area (TPSA) is 104 Å². The Morgan fingerprint density at radius 2 is 1.93 bits per heavy atom. The Bertz CT molecular complexity index is 1200. The summed E-state index contributed by atoms with van der Waals surface area (Å²) in [6.07, 6.45) is 0. The van der Waals surface area contributed by atoms with E-state index in [1.165, 1.54) is 23.2 Å². The lowest BCUT2D eigenvalue weighted by Gasteiger charge is -2.19. The van der Waals surface area contributed by atoms with Crippen LogP contribution in [0.1, 0.15) is 5.89 Å². The molecule has 30 heavy (non-hydrogen) atoms. The molecule has 3 heterocycles. The number of hydrogen-bond acceptors (Lipinski definition) is 8. The molecule has 0 aliphatic carbocycles. The Labute approximate surface area is 177 Å². The molecule has 0 spiro atoms. The molecule has 2 aliphatic heterocycles. The third-order valence-electron chi connectivity index (χ3n) is 4.77. The Hall–Kier alpha value is -3.47. The Kier molecular flexibility index (Phi) is 4.39. The van der Waals surface area contributed by atoms with Crippen molar-refractivity contribution in [1.29, 1.82) is 0 Å². The fraction of sp³-hybridized carbons (Fsp3) is 0.158. The molecule has 11 heteroatoms. The SMILES string of the molecule is O=C1[C@H]2N=NN(Cc3nc(-c4cccc(Br)c4)no3)[C@H]2C(=O)N1c1cccc(F)c1. The standard InChI is InChI=1S/C19H12BrFN6O3/c20-11-4-1-3-10(7-11)17-22-14(30-24-17)9-26-16-15(23-25-26)18(28)27(19(16)29)13-6-2-5-12(21)8-13/h1-8,15-16H,9H2/t15-,16+/m0/s1. The van der Waals surface area contributed by atoms with Gasteiger partial charge in [-0.25, -0.2) is 9.29 Å². The first-order valence-corrected chi connectivity index (χ1v) is 9.70. The number of halogens is 2. The fourth-order valence-electron chi connectivity index (χ4n) is 3.43. The number of hydrogen-bond donors (Lipinski definition) is 0. The second-order valence-corrected chi connectivity index (χ2v) is 7.62. The van der Waals surface area contributed by atoms with E-state index in [0.717, 1.165) is 21.0 Å². The van der Waals surface area contributed by atoms with Gasteiger partial charge in [-0.15, -0.1) is 0 Å². The number of imide groups is 1. The fourth-order valence-corrected chi connectivity index (χ4v) is 3.83.